The molecule has 14 heavy (non-hydrogen) atoms. The first-order chi connectivity index (χ1) is 6.74. The van der Waals surface area contributed by atoms with Crippen molar-refractivity contribution in [3.05, 3.63) is 34.9 Å². The minimum atomic E-state index is -0.143. The molecule has 1 aliphatic heterocycles. The predicted molar refractivity (Wildman–Crippen MR) is 50.3 cm³/mol. The van der Waals surface area contributed by atoms with Crippen LogP contribution in [0.1, 0.15) is 21.5 Å². The Balaban J connectivity index is 2.40. The van der Waals surface area contributed by atoms with Gasteiger partial charge < -0.3 is 0 Å². The summed E-state index contributed by atoms with van der Waals surface area (Å²) in [7, 11) is 0. The zero-order valence-electron chi connectivity index (χ0n) is 7.78. The molecule has 0 aromatic heterocycles. The number of rotatable bonds is 2. The summed E-state index contributed by atoms with van der Waals surface area (Å²) < 4.78 is 0. The summed E-state index contributed by atoms with van der Waals surface area (Å²) in [4.78, 5) is 21.9. The van der Waals surface area contributed by atoms with Gasteiger partial charge in [0.1, 0.15) is 0 Å². The Labute approximate surface area is 81.5 Å². The molecule has 0 spiro atoms. The highest BCUT2D eigenvalue weighted by atomic mass is 16.2. The first-order valence-corrected chi connectivity index (χ1v) is 4.34. The van der Waals surface area contributed by atoms with Crippen molar-refractivity contribution in [1.82, 2.24) is 10.4 Å². The van der Waals surface area contributed by atoms with E-state index in [4.69, 9.17) is 0 Å². The number of carbonyl (C=O) groups is 2. The van der Waals surface area contributed by atoms with Crippen molar-refractivity contribution in [2.75, 3.05) is 0 Å². The molecule has 0 aliphatic carbocycles. The van der Waals surface area contributed by atoms with Crippen molar-refractivity contribution >= 4 is 12.3 Å². The van der Waals surface area contributed by atoms with Crippen LogP contribution in [0.2, 0.25) is 0 Å². The van der Waals surface area contributed by atoms with Crippen LogP contribution in [0.3, 0.4) is 0 Å². The maximum atomic E-state index is 11.6. The molecule has 0 unspecified atom stereocenters. The van der Waals surface area contributed by atoms with E-state index in [1.165, 1.54) is 5.01 Å². The Morgan fingerprint density at radius 2 is 2.29 bits per heavy atom. The largest absolute Gasteiger partial charge is 0.277 e. The standard InChI is InChI=1S/C10H10N2O2/c1-7-3-2-4-8-9(7)5-12(10(8)14)11-6-13/h2-4,6H,5H2,1H3,(H,11,13). The minimum absolute atomic E-state index is 0.143. The van der Waals surface area contributed by atoms with Crippen molar-refractivity contribution in [2.45, 2.75) is 13.5 Å². The van der Waals surface area contributed by atoms with Crippen LogP contribution in [-0.2, 0) is 11.3 Å². The number of nitrogens with one attached hydrogen (secondary N) is 1. The number of nitrogens with zero attached hydrogens (tertiary/aromatic N) is 1. The maximum Gasteiger partial charge on any atom is 0.272 e. The first kappa shape index (κ1) is 8.74. The van der Waals surface area contributed by atoms with Gasteiger partial charge in [-0.1, -0.05) is 12.1 Å². The fourth-order valence-corrected chi connectivity index (χ4v) is 1.66. The maximum absolute atomic E-state index is 11.6. The lowest BCUT2D eigenvalue weighted by Gasteiger charge is -2.12. The molecular formula is C10H10N2O2. The summed E-state index contributed by atoms with van der Waals surface area (Å²) in [6.07, 6.45) is 0.513. The van der Waals surface area contributed by atoms with Crippen LogP contribution in [0.25, 0.3) is 0 Å². The van der Waals surface area contributed by atoms with E-state index in [1.54, 1.807) is 6.07 Å². The van der Waals surface area contributed by atoms with Gasteiger partial charge in [0.05, 0.1) is 6.54 Å². The van der Waals surface area contributed by atoms with E-state index >= 15 is 0 Å². The zero-order chi connectivity index (χ0) is 10.1. The van der Waals surface area contributed by atoms with E-state index in [1.807, 2.05) is 19.1 Å². The van der Waals surface area contributed by atoms with Gasteiger partial charge in [-0.15, -0.1) is 0 Å². The number of hydrazine groups is 1. The van der Waals surface area contributed by atoms with E-state index in [0.29, 0.717) is 18.5 Å². The van der Waals surface area contributed by atoms with Gasteiger partial charge in [0.15, 0.2) is 0 Å². The fraction of sp³-hybridized carbons (Fsp3) is 0.200. The summed E-state index contributed by atoms with van der Waals surface area (Å²) in [6, 6.07) is 5.57. The van der Waals surface area contributed by atoms with Gasteiger partial charge in [0.25, 0.3) is 5.91 Å². The van der Waals surface area contributed by atoms with E-state index < -0.39 is 0 Å². The molecule has 1 aromatic rings. The Morgan fingerprint density at radius 1 is 1.50 bits per heavy atom. The molecule has 0 atom stereocenters. The number of aryl methyl sites for hydroxylation is 1. The summed E-state index contributed by atoms with van der Waals surface area (Å²) in [6.45, 7) is 2.41. The van der Waals surface area contributed by atoms with E-state index in [2.05, 4.69) is 5.43 Å². The molecule has 0 bridgehead atoms. The highest BCUT2D eigenvalue weighted by molar-refractivity contribution is 5.98. The summed E-state index contributed by atoms with van der Waals surface area (Å²) in [5.41, 5.74) is 5.12. The van der Waals surface area contributed by atoms with Gasteiger partial charge in [0, 0.05) is 5.56 Å². The van der Waals surface area contributed by atoms with Crippen molar-refractivity contribution < 1.29 is 9.59 Å². The molecule has 0 fully saturated rings. The van der Waals surface area contributed by atoms with Crippen molar-refractivity contribution in [3.8, 4) is 0 Å². The fourth-order valence-electron chi connectivity index (χ4n) is 1.66. The predicted octanol–water partition coefficient (Wildman–Crippen LogP) is 0.612. The number of hydrogen-bond donors (Lipinski definition) is 1. The van der Waals surface area contributed by atoms with Gasteiger partial charge in [0.2, 0.25) is 6.41 Å². The Kier molecular flexibility index (Phi) is 1.96. The van der Waals surface area contributed by atoms with Crippen LogP contribution < -0.4 is 5.43 Å². The number of amides is 2. The van der Waals surface area contributed by atoms with Crippen LogP contribution in [-0.4, -0.2) is 17.3 Å². The molecule has 0 saturated heterocycles. The highest BCUT2D eigenvalue weighted by Crippen LogP contribution is 2.23. The van der Waals surface area contributed by atoms with Crippen LogP contribution in [0.4, 0.5) is 0 Å². The number of carbonyl (C=O) groups excluding carboxylic acids is 2. The third kappa shape index (κ3) is 1.16. The second-order valence-electron chi connectivity index (χ2n) is 3.24. The Morgan fingerprint density at radius 3 is 2.93 bits per heavy atom. The number of fused-ring (bicyclic) bond motifs is 1. The number of benzene rings is 1. The molecule has 1 heterocycles. The van der Waals surface area contributed by atoms with Gasteiger partial charge in [-0.05, 0) is 24.1 Å². The quantitative estimate of drug-likeness (QED) is 0.695. The van der Waals surface area contributed by atoms with Crippen LogP contribution in [0.15, 0.2) is 18.2 Å². The third-order valence-corrected chi connectivity index (χ3v) is 2.41. The Bertz CT molecular complexity index is 401. The molecule has 4 nitrogen and oxygen atoms in total. The van der Waals surface area contributed by atoms with Gasteiger partial charge in [-0.2, -0.15) is 0 Å². The summed E-state index contributed by atoms with van der Waals surface area (Å²) in [5, 5.41) is 1.31. The number of hydrogen-bond acceptors (Lipinski definition) is 2. The van der Waals surface area contributed by atoms with Crippen molar-refractivity contribution in [1.29, 1.82) is 0 Å². The van der Waals surface area contributed by atoms with Gasteiger partial charge in [-0.25, -0.2) is 5.01 Å². The SMILES string of the molecule is Cc1cccc2c1CN(NC=O)C2=O. The van der Waals surface area contributed by atoms with Crippen molar-refractivity contribution in [3.63, 3.8) is 0 Å². The topological polar surface area (TPSA) is 49.4 Å². The molecule has 2 rings (SSSR count). The summed E-state index contributed by atoms with van der Waals surface area (Å²) in [5.74, 6) is -0.143. The average molecular weight is 190 g/mol. The molecule has 0 saturated carbocycles. The molecule has 1 N–H and O–H groups in total. The van der Waals surface area contributed by atoms with Crippen LogP contribution in [0.5, 0.6) is 0 Å². The van der Waals surface area contributed by atoms with E-state index in [0.717, 1.165) is 11.1 Å². The molecule has 72 valence electrons. The average Bonchev–Trinajstić information content (AvgIpc) is 2.48. The summed E-state index contributed by atoms with van der Waals surface area (Å²) >= 11 is 0. The lowest BCUT2D eigenvalue weighted by molar-refractivity contribution is -0.113. The molecule has 4 heteroatoms. The smallest absolute Gasteiger partial charge is 0.272 e. The molecule has 1 aromatic carbocycles. The molecule has 1 aliphatic rings. The van der Waals surface area contributed by atoms with Crippen LogP contribution >= 0.6 is 0 Å². The lowest BCUT2D eigenvalue weighted by Crippen LogP contribution is -2.36. The van der Waals surface area contributed by atoms with Crippen molar-refractivity contribution in [2.24, 2.45) is 0 Å². The van der Waals surface area contributed by atoms with Crippen LogP contribution in [0, 0.1) is 6.92 Å². The zero-order valence-corrected chi connectivity index (χ0v) is 7.78. The second-order valence-corrected chi connectivity index (χ2v) is 3.24. The molecule has 0 radical (unpaired) electrons. The van der Waals surface area contributed by atoms with Gasteiger partial charge in [-0.3, -0.25) is 15.0 Å². The second kappa shape index (κ2) is 3.14. The normalized spacial score (nSPS) is 14.1. The molecule has 2 amide bonds. The lowest BCUT2D eigenvalue weighted by atomic mass is 10.1. The Hall–Kier alpha value is -1.84. The van der Waals surface area contributed by atoms with Gasteiger partial charge >= 0.3 is 0 Å². The monoisotopic (exact) mass is 190 g/mol. The molecular weight excluding hydrogens is 180 g/mol. The minimum Gasteiger partial charge on any atom is -0.277 e. The highest BCUT2D eigenvalue weighted by Gasteiger charge is 2.27. The third-order valence-electron chi connectivity index (χ3n) is 2.41. The first-order valence-electron chi connectivity index (χ1n) is 4.34. The van der Waals surface area contributed by atoms with E-state index in [-0.39, 0.29) is 5.91 Å². The van der Waals surface area contributed by atoms with E-state index in [9.17, 15) is 9.59 Å².